The molecular weight excluding hydrogens is 543 g/mol. The molecule has 0 radical (unpaired) electrons. The second-order valence-electron chi connectivity index (χ2n) is 11.6. The molecule has 3 atom stereocenters. The molecule has 42 heavy (non-hydrogen) atoms. The monoisotopic (exact) mass is 582 g/mol. The smallest absolute Gasteiger partial charge is 0.410 e. The molecule has 2 saturated heterocycles. The van der Waals surface area contributed by atoms with Gasteiger partial charge in [0.05, 0.1) is 24.3 Å². The Morgan fingerprint density at radius 3 is 2.55 bits per heavy atom. The van der Waals surface area contributed by atoms with Crippen LogP contribution in [0.4, 0.5) is 9.18 Å². The SMILES string of the molecule is CC[C@@H]1[C@H](F)C(=O)N[C@@H]1COc1ncc(C#CC2CCN(C(=O)OC(C)(C)C)CC2)c2cc(C(=O)NC)c(OC)cc12. The first-order chi connectivity index (χ1) is 19.9. The number of benzene rings is 1. The van der Waals surface area contributed by atoms with Crippen molar-refractivity contribution in [1.29, 1.82) is 0 Å². The van der Waals surface area contributed by atoms with Gasteiger partial charge in [-0.15, -0.1) is 0 Å². The summed E-state index contributed by atoms with van der Waals surface area (Å²) in [7, 11) is 3.01. The number of rotatable bonds is 6. The summed E-state index contributed by atoms with van der Waals surface area (Å²) in [6.45, 7) is 8.50. The summed E-state index contributed by atoms with van der Waals surface area (Å²) in [4.78, 5) is 43.2. The predicted molar refractivity (Wildman–Crippen MR) is 155 cm³/mol. The van der Waals surface area contributed by atoms with Crippen LogP contribution in [-0.2, 0) is 9.53 Å². The first-order valence-electron chi connectivity index (χ1n) is 14.2. The van der Waals surface area contributed by atoms with Gasteiger partial charge in [0.1, 0.15) is 18.0 Å². The van der Waals surface area contributed by atoms with E-state index in [1.54, 1.807) is 23.2 Å². The number of carbonyl (C=O) groups is 3. The Hall–Kier alpha value is -4.07. The number of likely N-dealkylation sites (tertiary alicyclic amines) is 1. The summed E-state index contributed by atoms with van der Waals surface area (Å²) in [6.07, 6.45) is 1.59. The summed E-state index contributed by atoms with van der Waals surface area (Å²) >= 11 is 0. The van der Waals surface area contributed by atoms with Gasteiger partial charge in [-0.1, -0.05) is 18.8 Å². The van der Waals surface area contributed by atoms with Crippen molar-refractivity contribution in [3.8, 4) is 23.5 Å². The topological polar surface area (TPSA) is 119 Å². The van der Waals surface area contributed by atoms with Crippen molar-refractivity contribution >= 4 is 28.7 Å². The molecule has 2 fully saturated rings. The molecule has 4 rings (SSSR count). The number of ether oxygens (including phenoxy) is 3. The summed E-state index contributed by atoms with van der Waals surface area (Å²) < 4.78 is 31.3. The average molecular weight is 583 g/mol. The lowest BCUT2D eigenvalue weighted by molar-refractivity contribution is -0.123. The molecular formula is C31H39FN4O6. The molecule has 0 aliphatic carbocycles. The van der Waals surface area contributed by atoms with Crippen LogP contribution < -0.4 is 20.1 Å². The van der Waals surface area contributed by atoms with Crippen LogP contribution in [-0.4, -0.2) is 79.5 Å². The molecule has 3 heterocycles. The fraction of sp³-hybridized carbons (Fsp3) is 0.548. The number of piperidine rings is 1. The highest BCUT2D eigenvalue weighted by molar-refractivity contribution is 6.03. The fourth-order valence-corrected chi connectivity index (χ4v) is 5.24. The van der Waals surface area contributed by atoms with Crippen molar-refractivity contribution in [2.45, 2.75) is 64.8 Å². The number of alkyl halides is 1. The lowest BCUT2D eigenvalue weighted by atomic mass is 9.96. The van der Waals surface area contributed by atoms with Gasteiger partial charge in [-0.2, -0.15) is 0 Å². The minimum atomic E-state index is -1.57. The molecule has 2 aromatic rings. The molecule has 0 saturated carbocycles. The third-order valence-corrected chi connectivity index (χ3v) is 7.54. The minimum absolute atomic E-state index is 0.0352. The fourth-order valence-electron chi connectivity index (χ4n) is 5.24. The van der Waals surface area contributed by atoms with Gasteiger partial charge in [-0.05, 0) is 52.2 Å². The van der Waals surface area contributed by atoms with Crippen LogP contribution in [0.5, 0.6) is 11.6 Å². The van der Waals surface area contributed by atoms with Crippen LogP contribution in [0.2, 0.25) is 0 Å². The molecule has 1 aromatic carbocycles. The molecule has 2 aliphatic heterocycles. The van der Waals surface area contributed by atoms with Gasteiger partial charge in [0.25, 0.3) is 11.8 Å². The normalized spacial score (nSPS) is 20.9. The van der Waals surface area contributed by atoms with Gasteiger partial charge in [0, 0.05) is 48.9 Å². The van der Waals surface area contributed by atoms with Crippen LogP contribution in [0, 0.1) is 23.7 Å². The van der Waals surface area contributed by atoms with Crippen molar-refractivity contribution in [3.05, 3.63) is 29.5 Å². The summed E-state index contributed by atoms with van der Waals surface area (Å²) in [5.74, 6) is 5.75. The minimum Gasteiger partial charge on any atom is -0.496 e. The maximum Gasteiger partial charge on any atom is 0.410 e. The number of nitrogens with one attached hydrogen (secondary N) is 2. The molecule has 11 heteroatoms. The van der Waals surface area contributed by atoms with Crippen LogP contribution >= 0.6 is 0 Å². The Morgan fingerprint density at radius 1 is 1.21 bits per heavy atom. The summed E-state index contributed by atoms with van der Waals surface area (Å²) in [5.41, 5.74) is 0.378. The van der Waals surface area contributed by atoms with Crippen molar-refractivity contribution in [2.24, 2.45) is 11.8 Å². The molecule has 1 aromatic heterocycles. The van der Waals surface area contributed by atoms with E-state index >= 15 is 0 Å². The first-order valence-corrected chi connectivity index (χ1v) is 14.2. The standard InChI is InChI=1S/C31H39FN4O6/c1-7-20-24(35-28(38)26(20)32)17-41-29-22-15-25(40-6)23(27(37)33-5)14-21(22)19(16-34-29)9-8-18-10-12-36(13-11-18)30(39)42-31(2,3)4/h14-16,18,20,24,26H,7,10-13,17H2,1-6H3,(H,33,37)(H,35,38)/t20-,24+,26-/m0/s1. The van der Waals surface area contributed by atoms with Gasteiger partial charge in [-0.3, -0.25) is 9.59 Å². The molecule has 226 valence electrons. The highest BCUT2D eigenvalue weighted by Crippen LogP contribution is 2.34. The maximum absolute atomic E-state index is 14.3. The number of hydrogen-bond donors (Lipinski definition) is 2. The van der Waals surface area contributed by atoms with E-state index in [2.05, 4.69) is 27.5 Å². The number of aromatic nitrogens is 1. The maximum atomic E-state index is 14.3. The van der Waals surface area contributed by atoms with Crippen LogP contribution in [0.15, 0.2) is 18.3 Å². The Morgan fingerprint density at radius 2 is 1.93 bits per heavy atom. The number of fused-ring (bicyclic) bond motifs is 1. The molecule has 10 nitrogen and oxygen atoms in total. The Kier molecular flexibility index (Phi) is 9.44. The molecule has 2 N–H and O–H groups in total. The second kappa shape index (κ2) is 12.8. The second-order valence-corrected chi connectivity index (χ2v) is 11.6. The van der Waals surface area contributed by atoms with Gasteiger partial charge in [-0.25, -0.2) is 14.2 Å². The van der Waals surface area contributed by atoms with Crippen molar-refractivity contribution in [2.75, 3.05) is 33.9 Å². The van der Waals surface area contributed by atoms with Gasteiger partial charge in [0.2, 0.25) is 5.88 Å². The van der Waals surface area contributed by atoms with E-state index in [-0.39, 0.29) is 30.4 Å². The third kappa shape index (κ3) is 6.86. The average Bonchev–Trinajstić information content (AvgIpc) is 3.24. The summed E-state index contributed by atoms with van der Waals surface area (Å²) in [5, 5.41) is 6.51. The zero-order chi connectivity index (χ0) is 30.6. The molecule has 2 aliphatic rings. The lowest BCUT2D eigenvalue weighted by Gasteiger charge is -2.31. The summed E-state index contributed by atoms with van der Waals surface area (Å²) in [6, 6.07) is 2.88. The van der Waals surface area contributed by atoms with E-state index in [4.69, 9.17) is 14.2 Å². The number of carbonyl (C=O) groups excluding carboxylic acids is 3. The van der Waals surface area contributed by atoms with E-state index in [0.29, 0.717) is 60.0 Å². The quantitative estimate of drug-likeness (QED) is 0.497. The molecule has 0 unspecified atom stereocenters. The van der Waals surface area contributed by atoms with Crippen molar-refractivity contribution < 1.29 is 33.0 Å². The van der Waals surface area contributed by atoms with Crippen molar-refractivity contribution in [3.63, 3.8) is 0 Å². The van der Waals surface area contributed by atoms with Crippen LogP contribution in [0.25, 0.3) is 10.8 Å². The number of hydrogen-bond acceptors (Lipinski definition) is 7. The van der Waals surface area contributed by atoms with Crippen LogP contribution in [0.1, 0.15) is 62.9 Å². The highest BCUT2D eigenvalue weighted by Gasteiger charge is 2.41. The number of pyridine rings is 1. The number of nitrogens with zero attached hydrogens (tertiary/aromatic N) is 2. The van der Waals surface area contributed by atoms with E-state index in [9.17, 15) is 18.8 Å². The van der Waals surface area contributed by atoms with Gasteiger partial charge in [0.15, 0.2) is 6.17 Å². The van der Waals surface area contributed by atoms with E-state index in [1.807, 2.05) is 27.7 Å². The predicted octanol–water partition coefficient (Wildman–Crippen LogP) is 3.84. The van der Waals surface area contributed by atoms with E-state index in [0.717, 1.165) is 0 Å². The Balaban J connectivity index is 1.60. The number of amides is 3. The van der Waals surface area contributed by atoms with Gasteiger partial charge >= 0.3 is 6.09 Å². The number of methoxy groups -OCH3 is 1. The Labute approximate surface area is 245 Å². The largest absolute Gasteiger partial charge is 0.496 e. The first kappa shape index (κ1) is 30.9. The molecule has 3 amide bonds. The third-order valence-electron chi connectivity index (χ3n) is 7.54. The number of halogens is 1. The van der Waals surface area contributed by atoms with Gasteiger partial charge < -0.3 is 29.7 Å². The van der Waals surface area contributed by atoms with Crippen molar-refractivity contribution in [1.82, 2.24) is 20.5 Å². The van der Waals surface area contributed by atoms with E-state index in [1.165, 1.54) is 14.2 Å². The molecule has 0 bridgehead atoms. The zero-order valence-electron chi connectivity index (χ0n) is 25.0. The van der Waals surface area contributed by atoms with Crippen LogP contribution in [0.3, 0.4) is 0 Å². The van der Waals surface area contributed by atoms with E-state index < -0.39 is 29.6 Å². The lowest BCUT2D eigenvalue weighted by Crippen LogP contribution is -2.41. The Bertz CT molecular complexity index is 1400. The molecule has 0 spiro atoms. The highest BCUT2D eigenvalue weighted by atomic mass is 19.1. The zero-order valence-corrected chi connectivity index (χ0v) is 25.0.